The van der Waals surface area contributed by atoms with Crippen molar-refractivity contribution in [2.45, 2.75) is 143 Å². The van der Waals surface area contributed by atoms with Gasteiger partial charge in [0, 0.05) is 0 Å². The molecule has 5 aliphatic carbocycles. The van der Waals surface area contributed by atoms with Gasteiger partial charge in [0.2, 0.25) is 0 Å². The molecule has 0 aromatic rings. The Morgan fingerprint density at radius 3 is 2.18 bits per heavy atom. The van der Waals surface area contributed by atoms with Crippen LogP contribution in [0.3, 0.4) is 0 Å². The van der Waals surface area contributed by atoms with Gasteiger partial charge in [0.25, 0.3) is 0 Å². The number of aliphatic hydroxyl groups excluding tert-OH is 4. The molecule has 0 aromatic heterocycles. The molecule has 6 fully saturated rings. The smallest absolute Gasteiger partial charge is 0.309 e. The molecule has 250 valence electrons. The lowest BCUT2D eigenvalue weighted by Crippen LogP contribution is -2.67. The molecule has 1 heterocycles. The van der Waals surface area contributed by atoms with Gasteiger partial charge in [0.1, 0.15) is 24.4 Å². The van der Waals surface area contributed by atoms with Crippen LogP contribution < -0.4 is 0 Å². The van der Waals surface area contributed by atoms with E-state index < -0.39 is 48.7 Å². The van der Waals surface area contributed by atoms with E-state index in [0.717, 1.165) is 69.8 Å². The molecule has 6 rings (SSSR count). The topological polar surface area (TPSA) is 137 Å². The van der Waals surface area contributed by atoms with Crippen LogP contribution in [0.1, 0.15) is 106 Å². The highest BCUT2D eigenvalue weighted by molar-refractivity contribution is 5.76. The van der Waals surface area contributed by atoms with Crippen LogP contribution in [0, 0.1) is 56.7 Å². The van der Waals surface area contributed by atoms with Gasteiger partial charge >= 0.3 is 5.97 Å². The Morgan fingerprint density at radius 2 is 1.55 bits per heavy atom. The van der Waals surface area contributed by atoms with Crippen LogP contribution in [0.4, 0.5) is 0 Å². The fourth-order valence-electron chi connectivity index (χ4n) is 13.1. The third-order valence-corrected chi connectivity index (χ3v) is 15.6. The van der Waals surface area contributed by atoms with Gasteiger partial charge < -0.3 is 35.0 Å². The van der Waals surface area contributed by atoms with E-state index in [1.807, 2.05) is 0 Å². The summed E-state index contributed by atoms with van der Waals surface area (Å²) in [6.07, 6.45) is 3.05. The second-order valence-electron chi connectivity index (χ2n) is 17.3. The summed E-state index contributed by atoms with van der Waals surface area (Å²) in [5.74, 6) is 1.15. The van der Waals surface area contributed by atoms with Crippen molar-refractivity contribution in [3.05, 3.63) is 12.2 Å². The number of allylic oxidation sites excluding steroid dienone is 1. The lowest BCUT2D eigenvalue weighted by Gasteiger charge is -2.73. The summed E-state index contributed by atoms with van der Waals surface area (Å²) in [5, 5.41) is 51.7. The number of fused-ring (bicyclic) bond motifs is 7. The van der Waals surface area contributed by atoms with Crippen molar-refractivity contribution < 1.29 is 39.8 Å². The van der Waals surface area contributed by atoms with Gasteiger partial charge in [-0.25, -0.2) is 0 Å². The van der Waals surface area contributed by atoms with E-state index in [2.05, 4.69) is 48.1 Å². The second kappa shape index (κ2) is 10.7. The first-order valence-corrected chi connectivity index (χ1v) is 17.3. The van der Waals surface area contributed by atoms with E-state index in [1.165, 1.54) is 0 Å². The Labute approximate surface area is 263 Å². The van der Waals surface area contributed by atoms with Crippen LogP contribution in [-0.2, 0) is 14.3 Å². The molecule has 0 spiro atoms. The summed E-state index contributed by atoms with van der Waals surface area (Å²) in [6.45, 7) is 18.1. The minimum atomic E-state index is -1.45. The third kappa shape index (κ3) is 4.26. The lowest BCUT2D eigenvalue weighted by atomic mass is 9.32. The molecule has 0 bridgehead atoms. The Morgan fingerprint density at radius 1 is 0.841 bits per heavy atom. The summed E-state index contributed by atoms with van der Waals surface area (Å²) in [4.78, 5) is 12.9. The fourth-order valence-corrected chi connectivity index (χ4v) is 13.1. The van der Waals surface area contributed by atoms with E-state index in [9.17, 15) is 30.3 Å². The highest BCUT2D eigenvalue weighted by atomic mass is 16.7. The molecule has 8 nitrogen and oxygen atoms in total. The minimum Gasteiger partial charge on any atom is -0.481 e. The van der Waals surface area contributed by atoms with Crippen LogP contribution in [0.5, 0.6) is 0 Å². The average Bonchev–Trinajstić information content (AvgIpc) is 3.36. The zero-order chi connectivity index (χ0) is 32.2. The summed E-state index contributed by atoms with van der Waals surface area (Å²) in [5.41, 5.74) is 0.579. The van der Waals surface area contributed by atoms with Crippen LogP contribution in [-0.4, -0.2) is 74.9 Å². The standard InChI is InChI=1S/C36H58O8/c1-19(2)20-10-15-36(31(41)42)17-16-34(6)21(26(20)36)8-9-24-33(5)13-12-25(32(3,4)23(33)11-14-35(24,34)7)44-30-29(40)28(39)27(38)22(18-37)43-30/h20-30,37-40H,1,8-18H2,2-7H3,(H,41,42)/t20-,21?,22?,23?,24?,25-,26?,27?,28+,29+,30-,33-,34+,35+,36?/m0/s1. The second-order valence-corrected chi connectivity index (χ2v) is 17.3. The van der Waals surface area contributed by atoms with Crippen molar-refractivity contribution in [1.29, 1.82) is 0 Å². The molecular formula is C36H58O8. The molecule has 7 unspecified atom stereocenters. The lowest BCUT2D eigenvalue weighted by molar-refractivity contribution is -0.331. The maximum absolute atomic E-state index is 12.9. The average molecular weight is 619 g/mol. The van der Waals surface area contributed by atoms with Crippen LogP contribution in [0.15, 0.2) is 12.2 Å². The molecule has 5 saturated carbocycles. The van der Waals surface area contributed by atoms with E-state index in [4.69, 9.17) is 9.47 Å². The zero-order valence-corrected chi connectivity index (χ0v) is 27.8. The highest BCUT2D eigenvalue weighted by Gasteiger charge is 2.72. The number of hydrogen-bond donors (Lipinski definition) is 5. The number of ether oxygens (including phenoxy) is 2. The van der Waals surface area contributed by atoms with Gasteiger partial charge in [0.15, 0.2) is 6.29 Å². The largest absolute Gasteiger partial charge is 0.481 e. The van der Waals surface area contributed by atoms with Crippen LogP contribution in [0.2, 0.25) is 0 Å². The summed E-state index contributed by atoms with van der Waals surface area (Å²) < 4.78 is 12.2. The number of carboxylic acid groups (broad SMARTS) is 1. The molecule has 6 aliphatic rings. The first-order chi connectivity index (χ1) is 20.5. The van der Waals surface area contributed by atoms with Gasteiger partial charge in [-0.3, -0.25) is 4.79 Å². The van der Waals surface area contributed by atoms with Crippen molar-refractivity contribution in [2.75, 3.05) is 6.61 Å². The first-order valence-electron chi connectivity index (χ1n) is 17.3. The molecule has 1 aliphatic heterocycles. The van der Waals surface area contributed by atoms with Crippen molar-refractivity contribution >= 4 is 5.97 Å². The van der Waals surface area contributed by atoms with E-state index in [-0.39, 0.29) is 39.6 Å². The maximum atomic E-state index is 12.9. The Hall–Kier alpha value is -1.03. The van der Waals surface area contributed by atoms with E-state index in [1.54, 1.807) is 0 Å². The number of carboxylic acids is 1. The number of carbonyl (C=O) groups is 1. The van der Waals surface area contributed by atoms with Crippen LogP contribution in [0.25, 0.3) is 0 Å². The van der Waals surface area contributed by atoms with Gasteiger partial charge in [-0.2, -0.15) is 0 Å². The molecular weight excluding hydrogens is 560 g/mol. The number of rotatable bonds is 5. The normalized spacial score (nSPS) is 54.8. The molecule has 8 heteroatoms. The predicted octanol–water partition coefficient (Wildman–Crippen LogP) is 4.91. The van der Waals surface area contributed by atoms with Gasteiger partial charge in [-0.1, -0.05) is 46.8 Å². The molecule has 0 amide bonds. The summed E-state index contributed by atoms with van der Waals surface area (Å²) in [6, 6.07) is 0. The van der Waals surface area contributed by atoms with Crippen molar-refractivity contribution in [2.24, 2.45) is 56.7 Å². The molecule has 44 heavy (non-hydrogen) atoms. The minimum absolute atomic E-state index is 0.0688. The Bertz CT molecular complexity index is 1150. The zero-order valence-electron chi connectivity index (χ0n) is 27.8. The number of aliphatic carboxylic acids is 1. The van der Waals surface area contributed by atoms with Crippen molar-refractivity contribution in [1.82, 2.24) is 0 Å². The summed E-state index contributed by atoms with van der Waals surface area (Å²) in [7, 11) is 0. The molecule has 0 aromatic carbocycles. The van der Waals surface area contributed by atoms with E-state index in [0.29, 0.717) is 17.8 Å². The molecule has 0 radical (unpaired) electrons. The van der Waals surface area contributed by atoms with Gasteiger partial charge in [-0.15, -0.1) is 0 Å². The van der Waals surface area contributed by atoms with Crippen molar-refractivity contribution in [3.63, 3.8) is 0 Å². The summed E-state index contributed by atoms with van der Waals surface area (Å²) >= 11 is 0. The quantitative estimate of drug-likeness (QED) is 0.217. The Kier molecular flexibility index (Phi) is 8.03. The van der Waals surface area contributed by atoms with E-state index >= 15 is 0 Å². The molecule has 1 saturated heterocycles. The van der Waals surface area contributed by atoms with Gasteiger partial charge in [0.05, 0.1) is 18.1 Å². The SMILES string of the molecule is C=C(C)[C@@H]1CCC2(C(=O)O)CC[C@]3(C)C(CCC4[C@@]5(C)CC[C@H](O[C@@H]6OC(CO)C(O)[C@@H](O)[C@H]6O)C(C)(C)C5CC[C@]43C)C12. The monoisotopic (exact) mass is 618 g/mol. The van der Waals surface area contributed by atoms with Gasteiger partial charge in [-0.05, 0) is 122 Å². The number of hydrogen-bond acceptors (Lipinski definition) is 7. The Balaban J connectivity index is 1.27. The maximum Gasteiger partial charge on any atom is 0.309 e. The third-order valence-electron chi connectivity index (χ3n) is 15.6. The highest BCUT2D eigenvalue weighted by Crippen LogP contribution is 2.77. The molecule has 5 N–H and O–H groups in total. The predicted molar refractivity (Wildman–Crippen MR) is 165 cm³/mol. The molecule has 15 atom stereocenters. The fraction of sp³-hybridized carbons (Fsp3) is 0.917. The first kappa shape index (κ1) is 32.9. The number of aliphatic hydroxyl groups is 4. The van der Waals surface area contributed by atoms with Crippen molar-refractivity contribution in [3.8, 4) is 0 Å². The van der Waals surface area contributed by atoms with Crippen LogP contribution >= 0.6 is 0 Å².